The monoisotopic (exact) mass is 336 g/mol. The van der Waals surface area contributed by atoms with Crippen LogP contribution in [0, 0.1) is 6.92 Å². The lowest BCUT2D eigenvalue weighted by molar-refractivity contribution is 0.337. The number of rotatable bonds is 6. The Morgan fingerprint density at radius 1 is 1.35 bits per heavy atom. The van der Waals surface area contributed by atoms with E-state index >= 15 is 0 Å². The van der Waals surface area contributed by atoms with E-state index in [1.807, 2.05) is 6.92 Å². The van der Waals surface area contributed by atoms with Crippen LogP contribution < -0.4 is 15.2 Å². The lowest BCUT2D eigenvalue weighted by atomic mass is 10.2. The summed E-state index contributed by atoms with van der Waals surface area (Å²) in [7, 11) is -3.70. The third kappa shape index (κ3) is 4.17. The normalized spacial score (nSPS) is 12.8. The van der Waals surface area contributed by atoms with Gasteiger partial charge in [-0.3, -0.25) is 0 Å². The van der Waals surface area contributed by atoms with E-state index in [9.17, 15) is 8.42 Å². The van der Waals surface area contributed by atoms with Crippen molar-refractivity contribution >= 4 is 15.8 Å². The molecule has 0 aliphatic heterocycles. The Bertz CT molecular complexity index is 793. The van der Waals surface area contributed by atoms with Gasteiger partial charge in [0.2, 0.25) is 10.0 Å². The summed E-state index contributed by atoms with van der Waals surface area (Å²) in [5.74, 6) is 1.27. The van der Waals surface area contributed by atoms with Gasteiger partial charge in [0.05, 0.1) is 17.5 Å². The SMILES string of the molecule is CCOc1ccc(S(=O)(=O)NC(C)c2nccc(N)n2)cc1C. The van der Waals surface area contributed by atoms with Gasteiger partial charge in [-0.15, -0.1) is 0 Å². The zero-order valence-electron chi connectivity index (χ0n) is 13.3. The van der Waals surface area contributed by atoms with E-state index in [4.69, 9.17) is 10.5 Å². The fraction of sp³-hybridized carbons (Fsp3) is 0.333. The molecule has 1 aromatic carbocycles. The number of sulfonamides is 1. The summed E-state index contributed by atoms with van der Waals surface area (Å²) in [6.45, 7) is 5.86. The van der Waals surface area contributed by atoms with Gasteiger partial charge in [0, 0.05) is 6.20 Å². The molecule has 0 saturated heterocycles. The smallest absolute Gasteiger partial charge is 0.241 e. The number of nitrogen functional groups attached to an aromatic ring is 1. The van der Waals surface area contributed by atoms with E-state index in [1.165, 1.54) is 12.3 Å². The number of hydrogen-bond acceptors (Lipinski definition) is 6. The minimum atomic E-state index is -3.70. The molecule has 0 amide bonds. The average molecular weight is 336 g/mol. The number of anilines is 1. The van der Waals surface area contributed by atoms with Crippen LogP contribution >= 0.6 is 0 Å². The van der Waals surface area contributed by atoms with E-state index in [0.717, 1.165) is 5.56 Å². The maximum Gasteiger partial charge on any atom is 0.241 e. The molecule has 1 heterocycles. The van der Waals surface area contributed by atoms with E-state index in [0.29, 0.717) is 18.2 Å². The molecule has 1 atom stereocenters. The Morgan fingerprint density at radius 2 is 2.09 bits per heavy atom. The summed E-state index contributed by atoms with van der Waals surface area (Å²) in [4.78, 5) is 8.22. The van der Waals surface area contributed by atoms with Gasteiger partial charge in [0.25, 0.3) is 0 Å². The van der Waals surface area contributed by atoms with Crippen molar-refractivity contribution in [2.45, 2.75) is 31.7 Å². The molecule has 0 saturated carbocycles. The maximum atomic E-state index is 12.5. The van der Waals surface area contributed by atoms with Crippen LogP contribution in [0.25, 0.3) is 0 Å². The van der Waals surface area contributed by atoms with Crippen LogP contribution in [-0.4, -0.2) is 25.0 Å². The summed E-state index contributed by atoms with van der Waals surface area (Å²) in [6.07, 6.45) is 1.49. The average Bonchev–Trinajstić information content (AvgIpc) is 2.49. The van der Waals surface area contributed by atoms with Crippen LogP contribution in [0.3, 0.4) is 0 Å². The van der Waals surface area contributed by atoms with Gasteiger partial charge < -0.3 is 10.5 Å². The molecule has 0 aliphatic rings. The number of nitrogens with zero attached hydrogens (tertiary/aromatic N) is 2. The first kappa shape index (κ1) is 17.2. The van der Waals surface area contributed by atoms with Crippen LogP contribution in [0.15, 0.2) is 35.4 Å². The topological polar surface area (TPSA) is 107 Å². The van der Waals surface area contributed by atoms with Crippen LogP contribution in [-0.2, 0) is 10.0 Å². The Balaban J connectivity index is 2.23. The lowest BCUT2D eigenvalue weighted by Crippen LogP contribution is -2.28. The molecule has 0 radical (unpaired) electrons. The zero-order valence-corrected chi connectivity index (χ0v) is 14.1. The highest BCUT2D eigenvalue weighted by Gasteiger charge is 2.21. The van der Waals surface area contributed by atoms with Crippen LogP contribution in [0.2, 0.25) is 0 Å². The number of hydrogen-bond donors (Lipinski definition) is 2. The largest absolute Gasteiger partial charge is 0.494 e. The predicted octanol–water partition coefficient (Wildman–Crippen LogP) is 1.81. The summed E-state index contributed by atoms with van der Waals surface area (Å²) in [6, 6.07) is 5.67. The molecule has 0 spiro atoms. The summed E-state index contributed by atoms with van der Waals surface area (Å²) in [5.41, 5.74) is 6.35. The standard InChI is InChI=1S/C15H20N4O3S/c1-4-22-13-6-5-12(9-10(13)2)23(20,21)19-11(3)15-17-8-7-14(16)18-15/h5-9,11,19H,4H2,1-3H3,(H2,16,17,18). The van der Waals surface area contributed by atoms with Gasteiger partial charge >= 0.3 is 0 Å². The minimum Gasteiger partial charge on any atom is -0.494 e. The maximum absolute atomic E-state index is 12.5. The first-order valence-corrected chi connectivity index (χ1v) is 8.66. The molecular weight excluding hydrogens is 316 g/mol. The number of aryl methyl sites for hydroxylation is 1. The number of aromatic nitrogens is 2. The highest BCUT2D eigenvalue weighted by molar-refractivity contribution is 7.89. The molecule has 124 valence electrons. The van der Waals surface area contributed by atoms with E-state index < -0.39 is 16.1 Å². The Hall–Kier alpha value is -2.19. The van der Waals surface area contributed by atoms with Crippen molar-refractivity contribution in [2.24, 2.45) is 0 Å². The highest BCUT2D eigenvalue weighted by Crippen LogP contribution is 2.23. The number of ether oxygens (including phenoxy) is 1. The molecule has 0 fully saturated rings. The summed E-state index contributed by atoms with van der Waals surface area (Å²) in [5, 5.41) is 0. The molecule has 0 bridgehead atoms. The lowest BCUT2D eigenvalue weighted by Gasteiger charge is -2.14. The number of nitrogens with two attached hydrogens (primary N) is 1. The van der Waals surface area contributed by atoms with Crippen molar-refractivity contribution in [3.8, 4) is 5.75 Å². The van der Waals surface area contributed by atoms with E-state index in [2.05, 4.69) is 14.7 Å². The molecule has 7 nitrogen and oxygen atoms in total. The van der Waals surface area contributed by atoms with Gasteiger partial charge in [-0.05, 0) is 50.6 Å². The number of benzene rings is 1. The Morgan fingerprint density at radius 3 is 2.70 bits per heavy atom. The van der Waals surface area contributed by atoms with E-state index in [-0.39, 0.29) is 10.7 Å². The summed E-state index contributed by atoms with van der Waals surface area (Å²) < 4.78 is 32.9. The Labute approximate surface area is 136 Å². The van der Waals surface area contributed by atoms with Gasteiger partial charge in [0.15, 0.2) is 0 Å². The quantitative estimate of drug-likeness (QED) is 0.833. The molecular formula is C15H20N4O3S. The molecule has 0 aliphatic carbocycles. The first-order chi connectivity index (χ1) is 10.8. The zero-order chi connectivity index (χ0) is 17.0. The van der Waals surface area contributed by atoms with Crippen LogP contribution in [0.4, 0.5) is 5.82 Å². The third-order valence-corrected chi connectivity index (χ3v) is 4.71. The molecule has 2 aromatic rings. The first-order valence-electron chi connectivity index (χ1n) is 7.17. The molecule has 3 N–H and O–H groups in total. The van der Waals surface area contributed by atoms with Crippen LogP contribution in [0.5, 0.6) is 5.75 Å². The Kier molecular flexibility index (Phi) is 5.17. The minimum absolute atomic E-state index is 0.161. The molecule has 23 heavy (non-hydrogen) atoms. The van der Waals surface area contributed by atoms with Crippen molar-refractivity contribution in [3.63, 3.8) is 0 Å². The van der Waals surface area contributed by atoms with Gasteiger partial charge in [0.1, 0.15) is 17.4 Å². The van der Waals surface area contributed by atoms with Crippen molar-refractivity contribution < 1.29 is 13.2 Å². The van der Waals surface area contributed by atoms with Crippen molar-refractivity contribution in [2.75, 3.05) is 12.3 Å². The van der Waals surface area contributed by atoms with Gasteiger partial charge in [-0.1, -0.05) is 0 Å². The second-order valence-electron chi connectivity index (χ2n) is 5.04. The van der Waals surface area contributed by atoms with Crippen molar-refractivity contribution in [3.05, 3.63) is 41.9 Å². The second-order valence-corrected chi connectivity index (χ2v) is 6.76. The molecule has 1 unspecified atom stereocenters. The van der Waals surface area contributed by atoms with Crippen LogP contribution in [0.1, 0.15) is 31.3 Å². The van der Waals surface area contributed by atoms with Gasteiger partial charge in [-0.2, -0.15) is 0 Å². The third-order valence-electron chi connectivity index (χ3n) is 3.17. The molecule has 2 rings (SSSR count). The summed E-state index contributed by atoms with van der Waals surface area (Å²) >= 11 is 0. The van der Waals surface area contributed by atoms with Crippen molar-refractivity contribution in [1.82, 2.24) is 14.7 Å². The predicted molar refractivity (Wildman–Crippen MR) is 87.5 cm³/mol. The van der Waals surface area contributed by atoms with Crippen molar-refractivity contribution in [1.29, 1.82) is 0 Å². The second kappa shape index (κ2) is 6.93. The fourth-order valence-electron chi connectivity index (χ4n) is 2.06. The van der Waals surface area contributed by atoms with E-state index in [1.54, 1.807) is 32.0 Å². The van der Waals surface area contributed by atoms with Gasteiger partial charge in [-0.25, -0.2) is 23.1 Å². The molecule has 8 heteroatoms. The molecule has 1 aromatic heterocycles. The highest BCUT2D eigenvalue weighted by atomic mass is 32.2. The number of nitrogens with one attached hydrogen (secondary N) is 1. The fourth-order valence-corrected chi connectivity index (χ4v) is 3.34.